The Morgan fingerprint density at radius 2 is 2.00 bits per heavy atom. The number of hydrogen-bond donors (Lipinski definition) is 0. The number of amides is 1. The minimum Gasteiger partial charge on any atom is -0.473 e. The molecule has 0 aliphatic heterocycles. The highest BCUT2D eigenvalue weighted by atomic mass is 19.4. The highest BCUT2D eigenvalue weighted by Gasteiger charge is 2.32. The van der Waals surface area contributed by atoms with Crippen LogP contribution in [0.2, 0.25) is 0 Å². The number of likely N-dealkylation sites (N-methyl/N-ethyl adjacent to an activating group) is 1. The fourth-order valence-electron chi connectivity index (χ4n) is 3.22. The van der Waals surface area contributed by atoms with Crippen LogP contribution in [-0.4, -0.2) is 48.2 Å². The van der Waals surface area contributed by atoms with Crippen LogP contribution in [0.4, 0.5) is 23.2 Å². The normalized spacial score (nSPS) is 12.1. The van der Waals surface area contributed by atoms with Crippen molar-refractivity contribution < 1.29 is 27.1 Å². The van der Waals surface area contributed by atoms with Crippen molar-refractivity contribution in [3.05, 3.63) is 53.0 Å². The first kappa shape index (κ1) is 27.6. The van der Waals surface area contributed by atoms with Crippen LogP contribution in [0.5, 0.6) is 5.88 Å². The molecule has 0 aliphatic rings. The van der Waals surface area contributed by atoms with Crippen molar-refractivity contribution in [2.45, 2.75) is 46.3 Å². The van der Waals surface area contributed by atoms with Gasteiger partial charge in [0.1, 0.15) is 6.61 Å². The number of carbonyl (C=O) groups excluding carboxylic acids is 1. The van der Waals surface area contributed by atoms with Crippen LogP contribution >= 0.6 is 0 Å². The van der Waals surface area contributed by atoms with Crippen molar-refractivity contribution in [3.63, 3.8) is 0 Å². The molecule has 1 amide bonds. The molecule has 0 aliphatic carbocycles. The largest absolute Gasteiger partial charge is 0.473 e. The molecule has 0 spiro atoms. The first-order chi connectivity index (χ1) is 16.5. The van der Waals surface area contributed by atoms with Gasteiger partial charge in [-0.15, -0.1) is 0 Å². The summed E-state index contributed by atoms with van der Waals surface area (Å²) in [6.45, 7) is 7.40. The second-order valence-electron chi connectivity index (χ2n) is 7.72. The summed E-state index contributed by atoms with van der Waals surface area (Å²) in [7, 11) is 1.70. The molecular formula is C25H28F4N4O2. The zero-order chi connectivity index (χ0) is 26.2. The number of halogens is 4. The maximum absolute atomic E-state index is 14.1. The van der Waals surface area contributed by atoms with Crippen LogP contribution in [-0.2, 0) is 6.18 Å². The average Bonchev–Trinajstić information content (AvgIpc) is 2.80. The van der Waals surface area contributed by atoms with E-state index in [1.54, 1.807) is 38.0 Å². The van der Waals surface area contributed by atoms with Crippen LogP contribution < -0.4 is 9.75 Å². The fraction of sp³-hybridized carbons (Fsp3) is 0.400. The van der Waals surface area contributed by atoms with E-state index in [1.807, 2.05) is 19.9 Å². The molecule has 1 aromatic heterocycles. The van der Waals surface area contributed by atoms with Gasteiger partial charge in [0, 0.05) is 26.2 Å². The molecule has 0 N–H and O–H groups in total. The number of benzene rings is 1. The van der Waals surface area contributed by atoms with Crippen LogP contribution in [0.25, 0.3) is 0 Å². The van der Waals surface area contributed by atoms with E-state index in [2.05, 4.69) is 21.9 Å². The van der Waals surface area contributed by atoms with E-state index in [0.717, 1.165) is 5.56 Å². The van der Waals surface area contributed by atoms with Crippen LogP contribution in [0, 0.1) is 24.6 Å². The molecule has 2 aromatic rings. The van der Waals surface area contributed by atoms with Gasteiger partial charge in [-0.3, -0.25) is 9.80 Å². The number of ether oxygens (including phenoxy) is 1. The van der Waals surface area contributed by atoms with Crippen molar-refractivity contribution in [2.75, 3.05) is 25.2 Å². The number of anilines is 1. The monoisotopic (exact) mass is 492 g/mol. The Labute approximate surface area is 202 Å². The number of pyridine rings is 1. The highest BCUT2D eigenvalue weighted by Crippen LogP contribution is 2.30. The topological polar surface area (TPSA) is 58.0 Å². The molecule has 1 heterocycles. The van der Waals surface area contributed by atoms with Crippen molar-refractivity contribution in [1.29, 1.82) is 0 Å². The molecule has 0 bridgehead atoms. The molecule has 0 saturated heterocycles. The molecule has 0 saturated carbocycles. The molecule has 1 atom stereocenters. The van der Waals surface area contributed by atoms with Crippen LogP contribution in [0.1, 0.15) is 48.7 Å². The molecule has 35 heavy (non-hydrogen) atoms. The molecule has 1 aromatic carbocycles. The van der Waals surface area contributed by atoms with Gasteiger partial charge in [0.2, 0.25) is 5.88 Å². The van der Waals surface area contributed by atoms with Gasteiger partial charge in [0.15, 0.2) is 5.82 Å². The predicted molar refractivity (Wildman–Crippen MR) is 127 cm³/mol. The molecule has 188 valence electrons. The maximum Gasteiger partial charge on any atom is 0.417 e. The molecule has 1 unspecified atom stereocenters. The second kappa shape index (κ2) is 12.2. The van der Waals surface area contributed by atoms with Crippen LogP contribution in [0.15, 0.2) is 35.6 Å². The number of aryl methyl sites for hydroxylation is 1. The summed E-state index contributed by atoms with van der Waals surface area (Å²) < 4.78 is 57.6. The molecule has 0 radical (unpaired) electrons. The third kappa shape index (κ3) is 7.44. The Morgan fingerprint density at radius 3 is 2.60 bits per heavy atom. The molecule has 0 fully saturated rings. The average molecular weight is 493 g/mol. The third-order valence-electron chi connectivity index (χ3n) is 5.04. The summed E-state index contributed by atoms with van der Waals surface area (Å²) in [5.41, 5.74) is 0.634. The van der Waals surface area contributed by atoms with Crippen molar-refractivity contribution in [3.8, 4) is 17.7 Å². The fourth-order valence-corrected chi connectivity index (χ4v) is 3.22. The number of hydrogen-bond acceptors (Lipinski definition) is 5. The Kier molecular flexibility index (Phi) is 9.63. The smallest absolute Gasteiger partial charge is 0.417 e. The Morgan fingerprint density at radius 1 is 1.29 bits per heavy atom. The highest BCUT2D eigenvalue weighted by molar-refractivity contribution is 6.00. The lowest BCUT2D eigenvalue weighted by molar-refractivity contribution is -0.138. The van der Waals surface area contributed by atoms with Gasteiger partial charge in [-0.1, -0.05) is 30.4 Å². The first-order valence-corrected chi connectivity index (χ1v) is 11.0. The summed E-state index contributed by atoms with van der Waals surface area (Å²) in [6, 6.07) is 5.18. The quantitative estimate of drug-likeness (QED) is 0.217. The van der Waals surface area contributed by atoms with Gasteiger partial charge in [-0.05, 0) is 39.0 Å². The number of alkyl halides is 3. The second-order valence-corrected chi connectivity index (χ2v) is 7.72. The molecular weight excluding hydrogens is 464 g/mol. The number of nitrogens with zero attached hydrogens (tertiary/aromatic N) is 4. The Hall–Kier alpha value is -3.61. The zero-order valence-corrected chi connectivity index (χ0v) is 20.3. The summed E-state index contributed by atoms with van der Waals surface area (Å²) in [5.74, 6) is 3.59. The van der Waals surface area contributed by atoms with E-state index in [9.17, 15) is 22.4 Å². The Bertz CT molecular complexity index is 1120. The van der Waals surface area contributed by atoms with Gasteiger partial charge in [0.05, 0.1) is 29.1 Å². The number of rotatable bonds is 8. The summed E-state index contributed by atoms with van der Waals surface area (Å²) >= 11 is 0. The van der Waals surface area contributed by atoms with Crippen molar-refractivity contribution >= 4 is 17.8 Å². The van der Waals surface area contributed by atoms with Crippen LogP contribution in [0.3, 0.4) is 0 Å². The minimum atomic E-state index is -4.71. The van der Waals surface area contributed by atoms with E-state index in [4.69, 9.17) is 4.74 Å². The lowest BCUT2D eigenvalue weighted by atomic mass is 10.1. The summed E-state index contributed by atoms with van der Waals surface area (Å²) in [4.78, 5) is 18.4. The zero-order valence-electron chi connectivity index (χ0n) is 20.3. The standard InChI is InChI=1S/C25H28F4N4O2/c1-6-8-9-12-31-32(5)22-11-10-17(3)13-20(22)24(34)33(7-2)18(4)16-35-23-21(26)14-19(15-30-23)25(27,28)29/h10-15,18H,6-7,16H2,1-5H3/b31-12-. The van der Waals surface area contributed by atoms with E-state index in [-0.39, 0.29) is 12.5 Å². The molecule has 2 rings (SSSR count). The van der Waals surface area contributed by atoms with E-state index in [1.165, 1.54) is 11.1 Å². The summed E-state index contributed by atoms with van der Waals surface area (Å²) in [6.07, 6.45) is -2.05. The third-order valence-corrected chi connectivity index (χ3v) is 5.04. The SMILES string of the molecule is CCC#C/C=N\N(C)c1ccc(C)cc1C(=O)N(CC)C(C)COc1ncc(C(F)(F)F)cc1F. The van der Waals surface area contributed by atoms with E-state index >= 15 is 0 Å². The number of aromatic nitrogens is 1. The maximum atomic E-state index is 14.1. The van der Waals surface area contributed by atoms with Gasteiger partial charge in [-0.25, -0.2) is 9.37 Å². The van der Waals surface area contributed by atoms with Crippen molar-refractivity contribution in [1.82, 2.24) is 9.88 Å². The summed E-state index contributed by atoms with van der Waals surface area (Å²) in [5, 5.41) is 5.80. The number of carbonyl (C=O) groups is 1. The predicted octanol–water partition coefficient (Wildman–Crippen LogP) is 5.31. The molecule has 10 heteroatoms. The van der Waals surface area contributed by atoms with E-state index < -0.39 is 29.5 Å². The van der Waals surface area contributed by atoms with Gasteiger partial charge in [0.25, 0.3) is 5.91 Å². The minimum absolute atomic E-state index is 0.170. The first-order valence-electron chi connectivity index (χ1n) is 11.0. The Balaban J connectivity index is 2.22. The van der Waals surface area contributed by atoms with Crippen molar-refractivity contribution in [2.24, 2.45) is 5.10 Å². The van der Waals surface area contributed by atoms with Gasteiger partial charge < -0.3 is 9.64 Å². The molecule has 6 nitrogen and oxygen atoms in total. The number of hydrazone groups is 1. The van der Waals surface area contributed by atoms with Gasteiger partial charge >= 0.3 is 6.18 Å². The lowest BCUT2D eigenvalue weighted by Crippen LogP contribution is -2.42. The van der Waals surface area contributed by atoms with Gasteiger partial charge in [-0.2, -0.15) is 18.3 Å². The van der Waals surface area contributed by atoms with E-state index in [0.29, 0.717) is 36.5 Å². The lowest BCUT2D eigenvalue weighted by Gasteiger charge is -2.29.